The Morgan fingerprint density at radius 1 is 1.25 bits per heavy atom. The first-order valence-electron chi connectivity index (χ1n) is 8.23. The summed E-state index contributed by atoms with van der Waals surface area (Å²) >= 11 is 0. The second-order valence-electron chi connectivity index (χ2n) is 7.08. The first kappa shape index (κ1) is 15.8. The van der Waals surface area contributed by atoms with Gasteiger partial charge in [-0.15, -0.1) is 0 Å². The van der Waals surface area contributed by atoms with E-state index in [2.05, 4.69) is 36.4 Å². The highest BCUT2D eigenvalue weighted by Gasteiger charge is 2.37. The van der Waals surface area contributed by atoms with E-state index in [1.54, 1.807) is 0 Å². The summed E-state index contributed by atoms with van der Waals surface area (Å²) in [6, 6.07) is 1.89. The van der Waals surface area contributed by atoms with Gasteiger partial charge in [0, 0.05) is 24.7 Å². The molecular formula is C16H31N3O. The zero-order chi connectivity index (χ0) is 14.7. The Hall–Kier alpha value is -0.610. The fraction of sp³-hybridized carbons (Fsp3) is 0.938. The highest BCUT2D eigenvalue weighted by atomic mass is 16.2. The van der Waals surface area contributed by atoms with E-state index in [1.807, 2.05) is 6.92 Å². The number of piperidine rings is 1. The van der Waals surface area contributed by atoms with Gasteiger partial charge in [-0.05, 0) is 52.0 Å². The average Bonchev–Trinajstić information content (AvgIpc) is 2.75. The van der Waals surface area contributed by atoms with Crippen LogP contribution >= 0.6 is 0 Å². The SMILES string of the molecule is CC(C)CCNC(=O)C(C)N(C)C1CC2CCC(C1)N2. The third-order valence-electron chi connectivity index (χ3n) is 5.04. The quantitative estimate of drug-likeness (QED) is 0.779. The minimum Gasteiger partial charge on any atom is -0.355 e. The monoisotopic (exact) mass is 281 g/mol. The molecule has 4 nitrogen and oxygen atoms in total. The Kier molecular flexibility index (Phi) is 5.44. The molecule has 4 heteroatoms. The van der Waals surface area contributed by atoms with Gasteiger partial charge < -0.3 is 10.6 Å². The number of carbonyl (C=O) groups excluding carboxylic acids is 1. The van der Waals surface area contributed by atoms with Crippen molar-refractivity contribution >= 4 is 5.91 Å². The summed E-state index contributed by atoms with van der Waals surface area (Å²) < 4.78 is 0. The van der Waals surface area contributed by atoms with Crippen LogP contribution in [0.15, 0.2) is 0 Å². The molecule has 20 heavy (non-hydrogen) atoms. The Bertz CT molecular complexity index is 320. The van der Waals surface area contributed by atoms with E-state index in [-0.39, 0.29) is 11.9 Å². The summed E-state index contributed by atoms with van der Waals surface area (Å²) in [6.45, 7) is 7.21. The molecule has 1 amide bonds. The molecule has 2 heterocycles. The van der Waals surface area contributed by atoms with Crippen molar-refractivity contribution in [2.24, 2.45) is 5.92 Å². The van der Waals surface area contributed by atoms with Crippen LogP contribution in [-0.4, -0.2) is 48.6 Å². The lowest BCUT2D eigenvalue weighted by molar-refractivity contribution is -0.126. The Labute approximate surface area is 123 Å². The van der Waals surface area contributed by atoms with Gasteiger partial charge in [-0.25, -0.2) is 0 Å². The number of nitrogens with zero attached hydrogens (tertiary/aromatic N) is 1. The Morgan fingerprint density at radius 3 is 2.40 bits per heavy atom. The van der Waals surface area contributed by atoms with Crippen LogP contribution in [0.4, 0.5) is 0 Å². The smallest absolute Gasteiger partial charge is 0.237 e. The van der Waals surface area contributed by atoms with Crippen molar-refractivity contribution < 1.29 is 4.79 Å². The summed E-state index contributed by atoms with van der Waals surface area (Å²) in [5, 5.41) is 6.74. The van der Waals surface area contributed by atoms with Crippen molar-refractivity contribution in [1.29, 1.82) is 0 Å². The van der Waals surface area contributed by atoms with Gasteiger partial charge in [0.25, 0.3) is 0 Å². The highest BCUT2D eigenvalue weighted by molar-refractivity contribution is 5.81. The predicted molar refractivity (Wildman–Crippen MR) is 82.7 cm³/mol. The largest absolute Gasteiger partial charge is 0.355 e. The van der Waals surface area contributed by atoms with Crippen LogP contribution < -0.4 is 10.6 Å². The van der Waals surface area contributed by atoms with Crippen LogP contribution in [0.1, 0.15) is 52.9 Å². The van der Waals surface area contributed by atoms with Crippen LogP contribution in [0.5, 0.6) is 0 Å². The molecule has 3 atom stereocenters. The molecule has 0 aromatic carbocycles. The molecule has 0 aliphatic carbocycles. The van der Waals surface area contributed by atoms with E-state index >= 15 is 0 Å². The van der Waals surface area contributed by atoms with Crippen molar-refractivity contribution in [1.82, 2.24) is 15.5 Å². The minimum atomic E-state index is -0.0235. The van der Waals surface area contributed by atoms with Gasteiger partial charge in [0.05, 0.1) is 6.04 Å². The second-order valence-corrected chi connectivity index (χ2v) is 7.08. The summed E-state index contributed by atoms with van der Waals surface area (Å²) in [5.41, 5.74) is 0. The number of nitrogens with one attached hydrogen (secondary N) is 2. The maximum atomic E-state index is 12.2. The van der Waals surface area contributed by atoms with E-state index in [1.165, 1.54) is 25.7 Å². The van der Waals surface area contributed by atoms with Gasteiger partial charge in [-0.3, -0.25) is 9.69 Å². The normalized spacial score (nSPS) is 30.8. The van der Waals surface area contributed by atoms with Crippen LogP contribution in [0.25, 0.3) is 0 Å². The Morgan fingerprint density at radius 2 is 1.85 bits per heavy atom. The van der Waals surface area contributed by atoms with Crippen molar-refractivity contribution in [3.8, 4) is 0 Å². The molecule has 0 aromatic heterocycles. The molecule has 2 rings (SSSR count). The van der Waals surface area contributed by atoms with Gasteiger partial charge in [0.2, 0.25) is 5.91 Å². The molecular weight excluding hydrogens is 250 g/mol. The first-order valence-corrected chi connectivity index (χ1v) is 8.23. The molecule has 2 fully saturated rings. The third-order valence-corrected chi connectivity index (χ3v) is 5.04. The summed E-state index contributed by atoms with van der Waals surface area (Å²) in [6.07, 6.45) is 6.06. The number of carbonyl (C=O) groups is 1. The first-order chi connectivity index (χ1) is 9.47. The third kappa shape index (κ3) is 3.95. The molecule has 3 unspecified atom stereocenters. The molecule has 0 radical (unpaired) electrons. The Balaban J connectivity index is 1.78. The maximum absolute atomic E-state index is 12.2. The van der Waals surface area contributed by atoms with Crippen LogP contribution in [-0.2, 0) is 4.79 Å². The average molecular weight is 281 g/mol. The van der Waals surface area contributed by atoms with E-state index in [0.717, 1.165) is 13.0 Å². The lowest BCUT2D eigenvalue weighted by Gasteiger charge is -2.38. The lowest BCUT2D eigenvalue weighted by Crippen LogP contribution is -2.53. The standard InChI is InChI=1S/C16H31N3O/c1-11(2)7-8-17-16(20)12(3)19(4)15-9-13-5-6-14(10-15)18-13/h11-15,18H,5-10H2,1-4H3,(H,17,20). The fourth-order valence-corrected chi connectivity index (χ4v) is 3.49. The number of amides is 1. The van der Waals surface area contributed by atoms with E-state index in [0.29, 0.717) is 24.0 Å². The zero-order valence-electron chi connectivity index (χ0n) is 13.5. The number of likely N-dealkylation sites (N-methyl/N-ethyl adjacent to an activating group) is 1. The fourth-order valence-electron chi connectivity index (χ4n) is 3.49. The van der Waals surface area contributed by atoms with Gasteiger partial charge >= 0.3 is 0 Å². The predicted octanol–water partition coefficient (Wildman–Crippen LogP) is 1.75. The number of hydrogen-bond acceptors (Lipinski definition) is 3. The summed E-state index contributed by atoms with van der Waals surface area (Å²) in [7, 11) is 2.11. The highest BCUT2D eigenvalue weighted by Crippen LogP contribution is 2.29. The molecule has 2 saturated heterocycles. The van der Waals surface area contributed by atoms with Gasteiger partial charge in [-0.2, -0.15) is 0 Å². The van der Waals surface area contributed by atoms with Crippen molar-refractivity contribution in [3.05, 3.63) is 0 Å². The van der Waals surface area contributed by atoms with Crippen molar-refractivity contribution in [2.45, 2.75) is 77.0 Å². The molecule has 0 spiro atoms. The van der Waals surface area contributed by atoms with Crippen LogP contribution in [0.2, 0.25) is 0 Å². The zero-order valence-corrected chi connectivity index (χ0v) is 13.5. The molecule has 116 valence electrons. The van der Waals surface area contributed by atoms with Crippen molar-refractivity contribution in [2.75, 3.05) is 13.6 Å². The molecule has 2 N–H and O–H groups in total. The second kappa shape index (κ2) is 6.90. The van der Waals surface area contributed by atoms with Crippen molar-refractivity contribution in [3.63, 3.8) is 0 Å². The molecule has 2 aliphatic heterocycles. The number of hydrogen-bond donors (Lipinski definition) is 2. The van der Waals surface area contributed by atoms with E-state index in [9.17, 15) is 4.79 Å². The van der Waals surface area contributed by atoms with E-state index in [4.69, 9.17) is 0 Å². The summed E-state index contributed by atoms with van der Waals surface area (Å²) in [5.74, 6) is 0.822. The van der Waals surface area contributed by atoms with Crippen LogP contribution in [0.3, 0.4) is 0 Å². The molecule has 0 saturated carbocycles. The van der Waals surface area contributed by atoms with Gasteiger partial charge in [0.1, 0.15) is 0 Å². The number of fused-ring (bicyclic) bond motifs is 2. The minimum absolute atomic E-state index is 0.0235. The lowest BCUT2D eigenvalue weighted by atomic mass is 9.97. The number of rotatable bonds is 6. The molecule has 2 aliphatic rings. The van der Waals surface area contributed by atoms with E-state index < -0.39 is 0 Å². The topological polar surface area (TPSA) is 44.4 Å². The van der Waals surface area contributed by atoms with Gasteiger partial charge in [-0.1, -0.05) is 13.8 Å². The van der Waals surface area contributed by atoms with Gasteiger partial charge in [0.15, 0.2) is 0 Å². The van der Waals surface area contributed by atoms with Crippen LogP contribution in [0, 0.1) is 5.92 Å². The molecule has 0 aromatic rings. The summed E-state index contributed by atoms with van der Waals surface area (Å²) in [4.78, 5) is 14.5. The maximum Gasteiger partial charge on any atom is 0.237 e. The molecule has 2 bridgehead atoms.